The Labute approximate surface area is 230 Å². The largest absolute Gasteiger partial charge is 0.353 e. The first-order valence-electron chi connectivity index (χ1n) is 13.1. The van der Waals surface area contributed by atoms with E-state index in [-0.39, 0.29) is 29.2 Å². The SMILES string of the molecule is Cc1ccc(CNC(=O)CSc2nc3c(sc4ccccc43)c(=O)n2CCCC(=O)NC2CCCC2)cc1. The van der Waals surface area contributed by atoms with Gasteiger partial charge in [-0.1, -0.05) is 72.6 Å². The first kappa shape index (κ1) is 26.4. The Morgan fingerprint density at radius 3 is 2.63 bits per heavy atom. The fraction of sp³-hybridized carbons (Fsp3) is 0.379. The highest BCUT2D eigenvalue weighted by atomic mass is 32.2. The molecule has 2 heterocycles. The van der Waals surface area contributed by atoms with Crippen LogP contribution < -0.4 is 16.2 Å². The normalized spacial score (nSPS) is 13.8. The van der Waals surface area contributed by atoms with E-state index < -0.39 is 0 Å². The van der Waals surface area contributed by atoms with Crippen LogP contribution in [0.25, 0.3) is 20.3 Å². The van der Waals surface area contributed by atoms with E-state index in [0.29, 0.717) is 41.3 Å². The molecule has 9 heteroatoms. The molecule has 0 radical (unpaired) electrons. The molecule has 38 heavy (non-hydrogen) atoms. The van der Waals surface area contributed by atoms with Crippen LogP contribution in [0.3, 0.4) is 0 Å². The van der Waals surface area contributed by atoms with Gasteiger partial charge in [0.2, 0.25) is 11.8 Å². The Hall–Kier alpha value is -3.17. The second-order valence-electron chi connectivity index (χ2n) is 9.83. The van der Waals surface area contributed by atoms with Gasteiger partial charge in [0.1, 0.15) is 4.70 Å². The van der Waals surface area contributed by atoms with Crippen molar-refractivity contribution in [3.8, 4) is 0 Å². The van der Waals surface area contributed by atoms with E-state index in [4.69, 9.17) is 4.98 Å². The maximum Gasteiger partial charge on any atom is 0.272 e. The van der Waals surface area contributed by atoms with Crippen LogP contribution in [-0.2, 0) is 22.7 Å². The number of carbonyl (C=O) groups excluding carboxylic acids is 2. The number of thiophene rings is 1. The smallest absolute Gasteiger partial charge is 0.272 e. The zero-order chi connectivity index (χ0) is 26.5. The standard InChI is InChI=1S/C29H32N4O3S2/c1-19-12-14-20(15-13-19)17-30-25(35)18-37-29-32-26-22-9-4-5-10-23(22)38-27(26)28(36)33(29)16-6-11-24(34)31-21-7-2-3-8-21/h4-5,9-10,12-15,21H,2-3,6-8,11,16-18H2,1H3,(H,30,35)(H,31,34). The molecule has 198 valence electrons. The second-order valence-corrected chi connectivity index (χ2v) is 11.8. The van der Waals surface area contributed by atoms with Crippen LogP contribution in [0.4, 0.5) is 0 Å². The van der Waals surface area contributed by atoms with Gasteiger partial charge in [0.05, 0.1) is 11.3 Å². The molecule has 2 N–H and O–H groups in total. The van der Waals surface area contributed by atoms with E-state index in [1.807, 2.05) is 55.5 Å². The molecular formula is C29H32N4O3S2. The summed E-state index contributed by atoms with van der Waals surface area (Å²) in [6.45, 7) is 2.85. The summed E-state index contributed by atoms with van der Waals surface area (Å²) in [6.07, 6.45) is 5.31. The molecule has 0 bridgehead atoms. The van der Waals surface area contributed by atoms with Gasteiger partial charge in [0.15, 0.2) is 5.16 Å². The molecule has 0 aliphatic heterocycles. The Bertz CT molecular complexity index is 1500. The molecule has 0 unspecified atom stereocenters. The number of hydrogen-bond acceptors (Lipinski definition) is 6. The minimum atomic E-state index is -0.123. The summed E-state index contributed by atoms with van der Waals surface area (Å²) in [5, 5.41) is 7.52. The van der Waals surface area contributed by atoms with Gasteiger partial charge in [0, 0.05) is 35.6 Å². The summed E-state index contributed by atoms with van der Waals surface area (Å²) in [5.74, 6) is 0.0572. The van der Waals surface area contributed by atoms with Crippen LogP contribution in [0.1, 0.15) is 49.7 Å². The molecule has 4 aromatic rings. The minimum Gasteiger partial charge on any atom is -0.353 e. The first-order chi connectivity index (χ1) is 18.5. The van der Waals surface area contributed by atoms with Crippen molar-refractivity contribution in [1.82, 2.24) is 20.2 Å². The average Bonchev–Trinajstić information content (AvgIpc) is 3.56. The van der Waals surface area contributed by atoms with Crippen molar-refractivity contribution < 1.29 is 9.59 Å². The third-order valence-electron chi connectivity index (χ3n) is 6.90. The molecule has 1 saturated carbocycles. The molecule has 1 aliphatic carbocycles. The molecule has 2 aromatic heterocycles. The number of carbonyl (C=O) groups is 2. The van der Waals surface area contributed by atoms with E-state index in [2.05, 4.69) is 10.6 Å². The number of fused-ring (bicyclic) bond motifs is 3. The highest BCUT2D eigenvalue weighted by Crippen LogP contribution is 2.32. The lowest BCUT2D eigenvalue weighted by Crippen LogP contribution is -2.32. The molecule has 7 nitrogen and oxygen atoms in total. The van der Waals surface area contributed by atoms with Crippen LogP contribution in [0.2, 0.25) is 0 Å². The van der Waals surface area contributed by atoms with Gasteiger partial charge >= 0.3 is 0 Å². The van der Waals surface area contributed by atoms with Gasteiger partial charge < -0.3 is 10.6 Å². The van der Waals surface area contributed by atoms with E-state index in [0.717, 1.165) is 28.5 Å². The Balaban J connectivity index is 1.31. The van der Waals surface area contributed by atoms with Crippen LogP contribution >= 0.6 is 23.1 Å². The number of thioether (sulfide) groups is 1. The fourth-order valence-electron chi connectivity index (χ4n) is 4.82. The summed E-state index contributed by atoms with van der Waals surface area (Å²) >= 11 is 2.70. The van der Waals surface area contributed by atoms with Crippen molar-refractivity contribution in [2.45, 2.75) is 69.7 Å². The lowest BCUT2D eigenvalue weighted by atomic mass is 10.1. The lowest BCUT2D eigenvalue weighted by Gasteiger charge is -2.14. The number of aromatic nitrogens is 2. The summed E-state index contributed by atoms with van der Waals surface area (Å²) in [7, 11) is 0. The van der Waals surface area contributed by atoms with E-state index >= 15 is 0 Å². The van der Waals surface area contributed by atoms with Crippen LogP contribution in [0.5, 0.6) is 0 Å². The second kappa shape index (κ2) is 12.1. The number of nitrogens with one attached hydrogen (secondary N) is 2. The van der Waals surface area contributed by atoms with E-state index in [1.54, 1.807) is 4.57 Å². The van der Waals surface area contributed by atoms with Crippen LogP contribution in [0.15, 0.2) is 58.5 Å². The van der Waals surface area contributed by atoms with Gasteiger partial charge in [-0.25, -0.2) is 4.98 Å². The Kier molecular flexibility index (Phi) is 8.44. The molecule has 1 fully saturated rings. The zero-order valence-electron chi connectivity index (χ0n) is 21.5. The summed E-state index contributed by atoms with van der Waals surface area (Å²) in [5.41, 5.74) is 2.77. The van der Waals surface area contributed by atoms with Gasteiger partial charge in [0.25, 0.3) is 5.56 Å². The maximum absolute atomic E-state index is 13.6. The highest BCUT2D eigenvalue weighted by Gasteiger charge is 2.19. The van der Waals surface area contributed by atoms with Crippen molar-refractivity contribution in [2.24, 2.45) is 0 Å². The highest BCUT2D eigenvalue weighted by molar-refractivity contribution is 7.99. The molecule has 2 amide bonds. The predicted molar refractivity (Wildman–Crippen MR) is 155 cm³/mol. The molecule has 0 spiro atoms. The Morgan fingerprint density at radius 2 is 1.84 bits per heavy atom. The summed E-state index contributed by atoms with van der Waals surface area (Å²) in [6, 6.07) is 16.2. The molecule has 0 saturated heterocycles. The van der Waals surface area contributed by atoms with Crippen LogP contribution in [0, 0.1) is 6.92 Å². The van der Waals surface area contributed by atoms with Gasteiger partial charge in [-0.05, 0) is 37.8 Å². The summed E-state index contributed by atoms with van der Waals surface area (Å²) < 4.78 is 3.25. The molecule has 1 aliphatic rings. The number of benzene rings is 2. The zero-order valence-corrected chi connectivity index (χ0v) is 23.1. The first-order valence-corrected chi connectivity index (χ1v) is 14.9. The number of aryl methyl sites for hydroxylation is 1. The molecule has 0 atom stereocenters. The van der Waals surface area contributed by atoms with E-state index in [9.17, 15) is 14.4 Å². The molecule has 5 rings (SSSR count). The van der Waals surface area contributed by atoms with Gasteiger partial charge in [-0.15, -0.1) is 11.3 Å². The number of nitrogens with zero attached hydrogens (tertiary/aromatic N) is 2. The van der Waals surface area contributed by atoms with Crippen molar-refractivity contribution in [2.75, 3.05) is 5.75 Å². The van der Waals surface area contributed by atoms with Crippen molar-refractivity contribution >= 4 is 55.2 Å². The molecular weight excluding hydrogens is 516 g/mol. The van der Waals surface area contributed by atoms with Crippen LogP contribution in [-0.4, -0.2) is 33.2 Å². The maximum atomic E-state index is 13.6. The number of amides is 2. The number of hydrogen-bond donors (Lipinski definition) is 2. The van der Waals surface area contributed by atoms with Crippen molar-refractivity contribution in [1.29, 1.82) is 0 Å². The monoisotopic (exact) mass is 548 g/mol. The third kappa shape index (κ3) is 6.27. The average molecular weight is 549 g/mol. The summed E-state index contributed by atoms with van der Waals surface area (Å²) in [4.78, 5) is 43.5. The van der Waals surface area contributed by atoms with Gasteiger partial charge in [-0.2, -0.15) is 0 Å². The Morgan fingerprint density at radius 1 is 1.08 bits per heavy atom. The van der Waals surface area contributed by atoms with E-state index in [1.165, 1.54) is 41.5 Å². The quantitative estimate of drug-likeness (QED) is 0.211. The third-order valence-corrected chi connectivity index (χ3v) is 9.02. The van der Waals surface area contributed by atoms with Crippen molar-refractivity contribution in [3.05, 3.63) is 70.0 Å². The predicted octanol–water partition coefficient (Wildman–Crippen LogP) is 5.17. The topological polar surface area (TPSA) is 93.1 Å². The van der Waals surface area contributed by atoms with Crippen molar-refractivity contribution in [3.63, 3.8) is 0 Å². The molecule has 2 aromatic carbocycles. The fourth-order valence-corrected chi connectivity index (χ4v) is 6.76. The number of rotatable bonds is 10. The van der Waals surface area contributed by atoms with Gasteiger partial charge in [-0.3, -0.25) is 19.0 Å². The minimum absolute atomic E-state index is 0.0329. The lowest BCUT2D eigenvalue weighted by molar-refractivity contribution is -0.122.